The van der Waals surface area contributed by atoms with Crippen LogP contribution in [0.4, 0.5) is 19.0 Å². The normalized spacial score (nSPS) is 12.2. The Hall–Kier alpha value is -2.88. The van der Waals surface area contributed by atoms with Crippen LogP contribution in [-0.2, 0) is 4.79 Å². The van der Waals surface area contributed by atoms with Gasteiger partial charge in [-0.2, -0.15) is 13.2 Å². The van der Waals surface area contributed by atoms with Gasteiger partial charge in [-0.15, -0.1) is 0 Å². The summed E-state index contributed by atoms with van der Waals surface area (Å²) in [4.78, 5) is 28.5. The maximum Gasteiger partial charge on any atom is 0.405 e. The van der Waals surface area contributed by atoms with Crippen LogP contribution < -0.4 is 10.6 Å². The van der Waals surface area contributed by atoms with E-state index in [9.17, 15) is 18.0 Å². The maximum atomic E-state index is 12.6. The van der Waals surface area contributed by atoms with Crippen LogP contribution in [0.5, 0.6) is 0 Å². The van der Waals surface area contributed by atoms with Gasteiger partial charge in [0, 0.05) is 33.8 Å². The fourth-order valence-electron chi connectivity index (χ4n) is 3.12. The number of halogens is 4. The zero-order valence-electron chi connectivity index (χ0n) is 16.3. The molecule has 3 N–H and O–H groups in total. The molecule has 0 aromatic carbocycles. The van der Waals surface area contributed by atoms with Crippen LogP contribution in [0.15, 0.2) is 30.7 Å². The lowest BCUT2D eigenvalue weighted by Gasteiger charge is -2.32. The van der Waals surface area contributed by atoms with E-state index in [1.807, 2.05) is 5.32 Å². The van der Waals surface area contributed by atoms with E-state index in [0.29, 0.717) is 27.9 Å². The standard InChI is InChI=1S/C19H20ClF3N6O.3H2/c1-3-18(4-2,17(30)27-10-19(21,22)23)29-14-5-6-24-16(28-14)13-9-26-15-12(13)7-11(20)8-25-15;;;/h5-9H,3-4,10H2,1-2H3,(H,25,26)(H,27,30)(H,24,28,29);3*1H. The van der Waals surface area contributed by atoms with Gasteiger partial charge in [0.1, 0.15) is 23.5 Å². The van der Waals surface area contributed by atoms with Gasteiger partial charge in [-0.25, -0.2) is 15.0 Å². The van der Waals surface area contributed by atoms with Gasteiger partial charge in [0.15, 0.2) is 5.82 Å². The van der Waals surface area contributed by atoms with E-state index in [1.54, 1.807) is 32.2 Å². The molecule has 0 atom stereocenters. The van der Waals surface area contributed by atoms with Crippen LogP contribution in [0, 0.1) is 0 Å². The van der Waals surface area contributed by atoms with Crippen molar-refractivity contribution in [2.75, 3.05) is 11.9 Å². The predicted octanol–water partition coefficient (Wildman–Crippen LogP) is 5.06. The summed E-state index contributed by atoms with van der Waals surface area (Å²) in [5, 5.41) is 6.14. The molecule has 3 aromatic heterocycles. The molecule has 0 unspecified atom stereocenters. The summed E-state index contributed by atoms with van der Waals surface area (Å²) in [7, 11) is 0. The number of amides is 1. The fourth-order valence-corrected chi connectivity index (χ4v) is 3.28. The average Bonchev–Trinajstić information content (AvgIpc) is 3.13. The third-order valence-electron chi connectivity index (χ3n) is 4.85. The first-order valence-electron chi connectivity index (χ1n) is 9.26. The lowest BCUT2D eigenvalue weighted by Crippen LogP contribution is -2.53. The number of carbonyl (C=O) groups excluding carboxylic acids is 1. The summed E-state index contributed by atoms with van der Waals surface area (Å²) in [6.07, 6.45) is 0.745. The second-order valence-corrected chi connectivity index (χ2v) is 7.17. The number of hydrogen-bond acceptors (Lipinski definition) is 5. The second kappa shape index (κ2) is 8.47. The Bertz CT molecular complexity index is 1060. The van der Waals surface area contributed by atoms with Gasteiger partial charge < -0.3 is 15.6 Å². The summed E-state index contributed by atoms with van der Waals surface area (Å²) < 4.78 is 37.6. The number of aromatic nitrogens is 4. The molecule has 0 spiro atoms. The second-order valence-electron chi connectivity index (χ2n) is 6.73. The monoisotopic (exact) mass is 446 g/mol. The number of carbonyl (C=O) groups is 1. The number of fused-ring (bicyclic) bond motifs is 1. The molecule has 1 amide bonds. The van der Waals surface area contributed by atoms with Crippen molar-refractivity contribution < 1.29 is 22.2 Å². The van der Waals surface area contributed by atoms with Crippen LogP contribution in [0.3, 0.4) is 0 Å². The number of nitrogens with one attached hydrogen (secondary N) is 3. The number of rotatable bonds is 7. The number of aromatic amines is 1. The number of hydrogen-bond donors (Lipinski definition) is 3. The minimum atomic E-state index is -4.49. The number of alkyl halides is 3. The molecular formula is C19H26ClF3N6O. The van der Waals surface area contributed by atoms with Crippen LogP contribution in [-0.4, -0.2) is 44.1 Å². The first-order chi connectivity index (χ1) is 14.2. The van der Waals surface area contributed by atoms with E-state index in [4.69, 9.17) is 11.6 Å². The number of nitrogens with zero attached hydrogens (tertiary/aromatic N) is 3. The molecular weight excluding hydrogens is 421 g/mol. The summed E-state index contributed by atoms with van der Waals surface area (Å²) in [5.74, 6) is -0.0737. The van der Waals surface area contributed by atoms with Crippen molar-refractivity contribution in [3.63, 3.8) is 0 Å². The van der Waals surface area contributed by atoms with Crippen molar-refractivity contribution in [1.82, 2.24) is 25.3 Å². The third-order valence-corrected chi connectivity index (χ3v) is 5.06. The van der Waals surface area contributed by atoms with Crippen LogP contribution in [0.2, 0.25) is 5.02 Å². The van der Waals surface area contributed by atoms with Crippen molar-refractivity contribution >= 4 is 34.4 Å². The van der Waals surface area contributed by atoms with Crippen molar-refractivity contribution in [3.8, 4) is 11.4 Å². The van der Waals surface area contributed by atoms with E-state index in [0.717, 1.165) is 5.39 Å². The van der Waals surface area contributed by atoms with Crippen LogP contribution in [0.25, 0.3) is 22.4 Å². The molecule has 3 aromatic rings. The summed E-state index contributed by atoms with van der Waals surface area (Å²) in [5.41, 5.74) is 0.0187. The highest BCUT2D eigenvalue weighted by Gasteiger charge is 2.38. The molecule has 166 valence electrons. The minimum absolute atomic E-state index is 0. The Labute approximate surface area is 179 Å². The number of H-pyrrole nitrogens is 1. The lowest BCUT2D eigenvalue weighted by atomic mass is 9.91. The van der Waals surface area contributed by atoms with Gasteiger partial charge in [-0.05, 0) is 25.0 Å². The molecule has 7 nitrogen and oxygen atoms in total. The highest BCUT2D eigenvalue weighted by atomic mass is 35.5. The van der Waals surface area contributed by atoms with Crippen molar-refractivity contribution in [2.24, 2.45) is 0 Å². The van der Waals surface area contributed by atoms with Crippen molar-refractivity contribution in [3.05, 3.63) is 35.7 Å². The molecule has 0 bridgehead atoms. The highest BCUT2D eigenvalue weighted by molar-refractivity contribution is 6.31. The van der Waals surface area contributed by atoms with E-state index in [2.05, 4.69) is 25.3 Å². The third kappa shape index (κ3) is 4.64. The summed E-state index contributed by atoms with van der Waals surface area (Å²) in [6, 6.07) is 3.28. The molecule has 11 heteroatoms. The molecule has 0 saturated heterocycles. The SMILES string of the molecule is CCC(CC)(Nc1ccnc(-c2c[nH]c3ncc(Cl)cc23)n1)C(=O)NCC(F)(F)F.[HH].[HH].[HH]. The number of anilines is 1. The zero-order chi connectivity index (χ0) is 21.9. The molecule has 0 aliphatic carbocycles. The average molecular weight is 447 g/mol. The number of pyridine rings is 1. The van der Waals surface area contributed by atoms with E-state index in [-0.39, 0.29) is 17.1 Å². The molecule has 30 heavy (non-hydrogen) atoms. The maximum absolute atomic E-state index is 12.6. The Morgan fingerprint density at radius 1 is 1.27 bits per heavy atom. The van der Waals surface area contributed by atoms with Gasteiger partial charge in [-0.1, -0.05) is 25.4 Å². The molecule has 0 fully saturated rings. The lowest BCUT2D eigenvalue weighted by molar-refractivity contribution is -0.141. The van der Waals surface area contributed by atoms with Gasteiger partial charge in [0.05, 0.1) is 5.02 Å². The van der Waals surface area contributed by atoms with Crippen molar-refractivity contribution in [2.45, 2.75) is 38.4 Å². The molecule has 0 aliphatic rings. The summed E-state index contributed by atoms with van der Waals surface area (Å²) >= 11 is 6.03. The first-order valence-corrected chi connectivity index (χ1v) is 9.64. The Balaban J connectivity index is 0.00000341. The van der Waals surface area contributed by atoms with Gasteiger partial charge in [0.2, 0.25) is 5.91 Å². The van der Waals surface area contributed by atoms with Crippen LogP contribution in [0.1, 0.15) is 31.0 Å². The van der Waals surface area contributed by atoms with E-state index < -0.39 is 24.2 Å². The zero-order valence-corrected chi connectivity index (χ0v) is 17.0. The molecule has 3 heterocycles. The van der Waals surface area contributed by atoms with E-state index in [1.165, 1.54) is 12.4 Å². The topological polar surface area (TPSA) is 95.6 Å². The fraction of sp³-hybridized carbons (Fsp3) is 0.368. The van der Waals surface area contributed by atoms with Gasteiger partial charge >= 0.3 is 6.18 Å². The smallest absolute Gasteiger partial charge is 0.356 e. The van der Waals surface area contributed by atoms with Gasteiger partial charge in [-0.3, -0.25) is 4.79 Å². The molecule has 3 rings (SSSR count). The first kappa shape index (κ1) is 21.8. The Kier molecular flexibility index (Phi) is 6.16. The largest absolute Gasteiger partial charge is 0.405 e. The van der Waals surface area contributed by atoms with Crippen molar-refractivity contribution in [1.29, 1.82) is 0 Å². The Morgan fingerprint density at radius 2 is 2.00 bits per heavy atom. The van der Waals surface area contributed by atoms with Gasteiger partial charge in [0.25, 0.3) is 0 Å². The molecule has 0 radical (unpaired) electrons. The minimum Gasteiger partial charge on any atom is -0.356 e. The highest BCUT2D eigenvalue weighted by Crippen LogP contribution is 2.29. The Morgan fingerprint density at radius 3 is 2.67 bits per heavy atom. The van der Waals surface area contributed by atoms with Crippen LogP contribution >= 0.6 is 11.6 Å². The van der Waals surface area contributed by atoms with E-state index >= 15 is 0 Å². The quantitative estimate of drug-likeness (QED) is 0.471. The predicted molar refractivity (Wildman–Crippen MR) is 114 cm³/mol. The summed E-state index contributed by atoms with van der Waals surface area (Å²) in [6.45, 7) is 2.05. The molecule has 0 saturated carbocycles. The molecule has 0 aliphatic heterocycles.